The normalized spacial score (nSPS) is 11.8. The second-order valence-electron chi connectivity index (χ2n) is 16.0. The molecule has 0 aliphatic rings. The van der Waals surface area contributed by atoms with Gasteiger partial charge in [-0.3, -0.25) is 4.57 Å². The van der Waals surface area contributed by atoms with Gasteiger partial charge < -0.3 is 8.98 Å². The lowest BCUT2D eigenvalue weighted by Crippen LogP contribution is -2.08. The minimum atomic E-state index is 0.523. The Bertz CT molecular complexity index is 3860. The Morgan fingerprint density at radius 3 is 1.52 bits per heavy atom. The third-order valence-electron chi connectivity index (χ3n) is 12.4. The van der Waals surface area contributed by atoms with Crippen LogP contribution in [0.2, 0.25) is 0 Å². The van der Waals surface area contributed by atoms with Gasteiger partial charge in [-0.2, -0.15) is 9.97 Å². The summed E-state index contributed by atoms with van der Waals surface area (Å²) in [5, 5.41) is 6.57. The molecule has 0 aliphatic carbocycles. The molecule has 63 heavy (non-hydrogen) atoms. The maximum absolute atomic E-state index is 6.63. The highest BCUT2D eigenvalue weighted by Crippen LogP contribution is 2.42. The molecule has 0 saturated heterocycles. The van der Waals surface area contributed by atoms with Crippen molar-refractivity contribution in [3.05, 3.63) is 212 Å². The average Bonchev–Trinajstić information content (AvgIpc) is 4.02. The molecular weight excluding hydrogens is 771 g/mol. The first kappa shape index (κ1) is 35.2. The van der Waals surface area contributed by atoms with Crippen LogP contribution in [0.15, 0.2) is 217 Å². The van der Waals surface area contributed by atoms with Crippen molar-refractivity contribution in [2.45, 2.75) is 0 Å². The summed E-state index contributed by atoms with van der Waals surface area (Å²) in [6.07, 6.45) is 0. The van der Waals surface area contributed by atoms with Crippen molar-refractivity contribution in [2.24, 2.45) is 0 Å². The molecule has 294 valence electrons. The van der Waals surface area contributed by atoms with Crippen molar-refractivity contribution >= 4 is 65.6 Å². The van der Waals surface area contributed by atoms with Crippen molar-refractivity contribution in [2.75, 3.05) is 0 Å². The molecule has 0 aliphatic heterocycles. The summed E-state index contributed by atoms with van der Waals surface area (Å²) in [5.41, 5.74) is 12.9. The van der Waals surface area contributed by atoms with Crippen molar-refractivity contribution < 1.29 is 4.42 Å². The molecule has 0 unspecified atom stereocenters. The van der Waals surface area contributed by atoms with Crippen LogP contribution >= 0.6 is 0 Å². The summed E-state index contributed by atoms with van der Waals surface area (Å²) < 4.78 is 11.2. The molecule has 4 heterocycles. The van der Waals surface area contributed by atoms with Gasteiger partial charge in [0.2, 0.25) is 5.95 Å². The number of para-hydroxylation sites is 5. The molecule has 9 aromatic carbocycles. The predicted octanol–water partition coefficient (Wildman–Crippen LogP) is 14.6. The van der Waals surface area contributed by atoms with E-state index < -0.39 is 0 Å². The van der Waals surface area contributed by atoms with Gasteiger partial charge in [0, 0.05) is 43.4 Å². The molecule has 4 aromatic heterocycles. The maximum atomic E-state index is 6.63. The second-order valence-corrected chi connectivity index (χ2v) is 16.0. The van der Waals surface area contributed by atoms with E-state index in [1.54, 1.807) is 0 Å². The lowest BCUT2D eigenvalue weighted by Gasteiger charge is -2.16. The zero-order chi connectivity index (χ0) is 41.4. The van der Waals surface area contributed by atoms with Gasteiger partial charge in [0.05, 0.1) is 27.8 Å². The Labute approximate surface area is 361 Å². The van der Waals surface area contributed by atoms with Crippen LogP contribution in [0.3, 0.4) is 0 Å². The van der Waals surface area contributed by atoms with E-state index in [0.29, 0.717) is 17.6 Å². The van der Waals surface area contributed by atoms with E-state index in [9.17, 15) is 0 Å². The summed E-state index contributed by atoms with van der Waals surface area (Å²) in [7, 11) is 0. The first-order chi connectivity index (χ1) is 31.2. The largest absolute Gasteiger partial charge is 0.456 e. The number of hydrogen-bond acceptors (Lipinski definition) is 4. The van der Waals surface area contributed by atoms with Crippen LogP contribution in [-0.2, 0) is 0 Å². The quantitative estimate of drug-likeness (QED) is 0.168. The summed E-state index contributed by atoms with van der Waals surface area (Å²) in [6.45, 7) is 0. The van der Waals surface area contributed by atoms with Gasteiger partial charge in [0.1, 0.15) is 11.2 Å². The maximum Gasteiger partial charge on any atom is 0.238 e. The number of nitrogens with zero attached hydrogens (tertiary/aromatic N) is 5. The van der Waals surface area contributed by atoms with Crippen LogP contribution in [-0.4, -0.2) is 24.1 Å². The summed E-state index contributed by atoms with van der Waals surface area (Å²) in [4.78, 5) is 16.6. The summed E-state index contributed by atoms with van der Waals surface area (Å²) in [5.74, 6) is 1.63. The molecule has 13 aromatic rings. The lowest BCUT2D eigenvalue weighted by atomic mass is 9.98. The van der Waals surface area contributed by atoms with Crippen LogP contribution in [0.4, 0.5) is 0 Å². The Hall–Kier alpha value is -8.61. The Balaban J connectivity index is 1.15. The third-order valence-corrected chi connectivity index (χ3v) is 12.4. The fourth-order valence-electron chi connectivity index (χ4n) is 9.57. The van der Waals surface area contributed by atoms with Crippen LogP contribution in [0.5, 0.6) is 0 Å². The Morgan fingerprint density at radius 2 is 0.841 bits per heavy atom. The zero-order valence-electron chi connectivity index (χ0n) is 33.9. The van der Waals surface area contributed by atoms with E-state index in [0.717, 1.165) is 93.8 Å². The number of hydrogen-bond donors (Lipinski definition) is 0. The first-order valence-corrected chi connectivity index (χ1v) is 21.2. The van der Waals surface area contributed by atoms with Crippen molar-refractivity contribution in [3.63, 3.8) is 0 Å². The predicted molar refractivity (Wildman–Crippen MR) is 258 cm³/mol. The molecule has 0 atom stereocenters. The molecule has 0 fully saturated rings. The SMILES string of the molecule is c1ccc(-c2cc(-c3nc(-c4ccccc4-n4c5ccccc5c5ccccc54)nc(-n4c5ccccc5c5ccc(-c6ccccc6)cc54)n3)c3c(c2)oc2ccccc23)cc1. The monoisotopic (exact) mass is 805 g/mol. The molecule has 6 nitrogen and oxygen atoms in total. The summed E-state index contributed by atoms with van der Waals surface area (Å²) in [6, 6.07) is 74.3. The van der Waals surface area contributed by atoms with Gasteiger partial charge in [0.25, 0.3) is 0 Å². The molecule has 13 rings (SSSR count). The van der Waals surface area contributed by atoms with Crippen molar-refractivity contribution in [3.8, 4) is 56.7 Å². The molecule has 0 N–H and O–H groups in total. The minimum absolute atomic E-state index is 0.523. The zero-order valence-corrected chi connectivity index (χ0v) is 33.9. The van der Waals surface area contributed by atoms with E-state index in [1.165, 1.54) is 10.8 Å². The van der Waals surface area contributed by atoms with E-state index in [2.05, 4.69) is 203 Å². The van der Waals surface area contributed by atoms with E-state index in [1.807, 2.05) is 18.2 Å². The number of fused-ring (bicyclic) bond motifs is 9. The van der Waals surface area contributed by atoms with Gasteiger partial charge >= 0.3 is 0 Å². The fourth-order valence-corrected chi connectivity index (χ4v) is 9.57. The number of benzene rings is 9. The number of furan rings is 1. The van der Waals surface area contributed by atoms with E-state index >= 15 is 0 Å². The summed E-state index contributed by atoms with van der Waals surface area (Å²) >= 11 is 0. The first-order valence-electron chi connectivity index (χ1n) is 21.2. The molecule has 6 heteroatoms. The van der Waals surface area contributed by atoms with Crippen molar-refractivity contribution in [1.82, 2.24) is 24.1 Å². The Morgan fingerprint density at radius 1 is 0.317 bits per heavy atom. The number of aromatic nitrogens is 5. The molecular formula is C57H35N5O. The molecule has 0 amide bonds. The van der Waals surface area contributed by atoms with Crippen molar-refractivity contribution in [1.29, 1.82) is 0 Å². The second kappa shape index (κ2) is 14.0. The van der Waals surface area contributed by atoms with Crippen LogP contribution in [0.1, 0.15) is 0 Å². The van der Waals surface area contributed by atoms with Gasteiger partial charge in [0.15, 0.2) is 11.6 Å². The van der Waals surface area contributed by atoms with Crippen LogP contribution in [0.25, 0.3) is 122 Å². The molecule has 0 radical (unpaired) electrons. The molecule has 0 saturated carbocycles. The van der Waals surface area contributed by atoms with Gasteiger partial charge in [-0.1, -0.05) is 158 Å². The highest BCUT2D eigenvalue weighted by Gasteiger charge is 2.24. The fraction of sp³-hybridized carbons (Fsp3) is 0. The number of rotatable bonds is 6. The minimum Gasteiger partial charge on any atom is -0.456 e. The van der Waals surface area contributed by atoms with Gasteiger partial charge in [-0.05, 0) is 76.9 Å². The highest BCUT2D eigenvalue weighted by atomic mass is 16.3. The molecule has 0 bridgehead atoms. The third kappa shape index (κ3) is 5.55. The van der Waals surface area contributed by atoms with Crippen LogP contribution in [0, 0.1) is 0 Å². The topological polar surface area (TPSA) is 61.7 Å². The Kier molecular flexibility index (Phi) is 7.80. The van der Waals surface area contributed by atoms with Gasteiger partial charge in [-0.25, -0.2) is 4.98 Å². The average molecular weight is 806 g/mol. The van der Waals surface area contributed by atoms with E-state index in [4.69, 9.17) is 19.4 Å². The smallest absolute Gasteiger partial charge is 0.238 e. The van der Waals surface area contributed by atoms with E-state index in [-0.39, 0.29) is 0 Å². The molecule has 0 spiro atoms. The van der Waals surface area contributed by atoms with Gasteiger partial charge in [-0.15, -0.1) is 0 Å². The highest BCUT2D eigenvalue weighted by molar-refractivity contribution is 6.14. The standard InChI is InChI=1S/C57H35N5O/c1-3-17-36(18-4-1)38-31-32-43-42-23-9-14-28-49(42)62(51(43)34-38)57-59-55(44-24-10-15-29-50(44)61-47-26-12-7-21-40(47)41-22-8-13-27-48(41)61)58-56(60-57)46-33-39(37-19-5-2-6-20-37)35-53-54(46)45-25-11-16-30-52(45)63-53/h1-35H. The van der Waals surface area contributed by atoms with Crippen LogP contribution < -0.4 is 0 Å². The lowest BCUT2D eigenvalue weighted by molar-refractivity contribution is 0.669.